The number of amides is 4. The van der Waals surface area contributed by atoms with Crippen LogP contribution in [0.3, 0.4) is 0 Å². The maximum absolute atomic E-state index is 12.3. The molecule has 0 aliphatic rings. The maximum Gasteiger partial charge on any atom is 0.328 e. The van der Waals surface area contributed by atoms with Crippen molar-refractivity contribution in [3.05, 3.63) is 0 Å². The summed E-state index contributed by atoms with van der Waals surface area (Å²) in [6.45, 7) is -2.57. The molecule has 0 aromatic carbocycles. The maximum atomic E-state index is 12.3. The Morgan fingerprint density at radius 3 is 1.64 bits per heavy atom. The highest BCUT2D eigenvalue weighted by Gasteiger charge is 2.29. The number of aliphatic hydroxyl groups excluding tert-OH is 3. The molecule has 0 saturated heterocycles. The van der Waals surface area contributed by atoms with Crippen molar-refractivity contribution in [2.75, 3.05) is 19.8 Å². The van der Waals surface area contributed by atoms with Crippen molar-refractivity contribution < 1.29 is 44.4 Å². The molecule has 4 atom stereocenters. The van der Waals surface area contributed by atoms with Crippen LogP contribution in [0.5, 0.6) is 0 Å². The summed E-state index contributed by atoms with van der Waals surface area (Å²) in [5.41, 5.74) is 10.3. The number of nitrogens with one attached hydrogen (secondary N) is 3. The number of aliphatic hydroxyl groups is 3. The second kappa shape index (κ2) is 12.6. The first kappa shape index (κ1) is 25.2. The van der Waals surface area contributed by atoms with Crippen LogP contribution in [0.2, 0.25) is 0 Å². The molecule has 160 valence electrons. The average Bonchev–Trinajstić information content (AvgIpc) is 2.65. The SMILES string of the molecule is NC(=O)CCC(NC(=O)C(N)CO)C(=O)NC(CO)C(=O)NC(CO)C(=O)O. The van der Waals surface area contributed by atoms with E-state index in [9.17, 15) is 29.1 Å². The highest BCUT2D eigenvalue weighted by molar-refractivity contribution is 5.94. The number of nitrogens with two attached hydrogens (primary N) is 2. The van der Waals surface area contributed by atoms with Crippen LogP contribution in [0.1, 0.15) is 12.8 Å². The van der Waals surface area contributed by atoms with Gasteiger partial charge in [0.1, 0.15) is 24.2 Å². The predicted molar refractivity (Wildman–Crippen MR) is 91.1 cm³/mol. The monoisotopic (exact) mass is 407 g/mol. The Bertz CT molecular complexity index is 586. The molecule has 0 saturated carbocycles. The van der Waals surface area contributed by atoms with Gasteiger partial charge < -0.3 is 47.8 Å². The Morgan fingerprint density at radius 2 is 1.21 bits per heavy atom. The number of carboxylic acid groups (broad SMARTS) is 1. The lowest BCUT2D eigenvalue weighted by Gasteiger charge is -2.23. The Morgan fingerprint density at radius 1 is 0.750 bits per heavy atom. The van der Waals surface area contributed by atoms with Crippen LogP contribution in [0, 0.1) is 0 Å². The fraction of sp³-hybridized carbons (Fsp3) is 0.643. The largest absolute Gasteiger partial charge is 0.480 e. The van der Waals surface area contributed by atoms with Gasteiger partial charge in [-0.05, 0) is 6.42 Å². The van der Waals surface area contributed by atoms with Gasteiger partial charge in [0.2, 0.25) is 23.6 Å². The Balaban J connectivity index is 5.16. The lowest BCUT2D eigenvalue weighted by molar-refractivity contribution is -0.143. The summed E-state index contributed by atoms with van der Waals surface area (Å²) in [7, 11) is 0. The van der Waals surface area contributed by atoms with E-state index in [2.05, 4.69) is 10.6 Å². The highest BCUT2D eigenvalue weighted by atomic mass is 16.4. The van der Waals surface area contributed by atoms with Gasteiger partial charge in [-0.2, -0.15) is 0 Å². The van der Waals surface area contributed by atoms with E-state index in [1.807, 2.05) is 5.32 Å². The van der Waals surface area contributed by atoms with Gasteiger partial charge in [-0.3, -0.25) is 19.2 Å². The van der Waals surface area contributed by atoms with Gasteiger partial charge in [-0.25, -0.2) is 4.79 Å². The standard InChI is InChI=1S/C14H25N5O9/c15-6(3-20)11(24)17-7(1-2-10(16)23)12(25)18-8(4-21)13(26)19-9(5-22)14(27)28/h6-9,20-22H,1-5,15H2,(H2,16,23)(H,17,24)(H,18,25)(H,19,26)(H,27,28). The van der Waals surface area contributed by atoms with E-state index < -0.39 is 73.6 Å². The molecule has 0 aromatic heterocycles. The number of hydrogen-bond acceptors (Lipinski definition) is 9. The summed E-state index contributed by atoms with van der Waals surface area (Å²) in [5.74, 6) is -5.33. The summed E-state index contributed by atoms with van der Waals surface area (Å²) in [6, 6.07) is -6.00. The predicted octanol–water partition coefficient (Wildman–Crippen LogP) is -5.90. The van der Waals surface area contributed by atoms with E-state index in [0.717, 1.165) is 0 Å². The number of rotatable bonds is 13. The number of carboxylic acids is 1. The second-order valence-corrected chi connectivity index (χ2v) is 5.68. The second-order valence-electron chi connectivity index (χ2n) is 5.68. The molecule has 0 aliphatic carbocycles. The van der Waals surface area contributed by atoms with E-state index in [4.69, 9.17) is 26.8 Å². The van der Waals surface area contributed by atoms with Gasteiger partial charge in [0.05, 0.1) is 19.8 Å². The third-order valence-electron chi connectivity index (χ3n) is 3.46. The molecule has 0 rings (SSSR count). The van der Waals surface area contributed by atoms with E-state index in [0.29, 0.717) is 0 Å². The molecule has 14 heteroatoms. The Kier molecular flexibility index (Phi) is 11.3. The summed E-state index contributed by atoms with van der Waals surface area (Å²) in [4.78, 5) is 57.8. The van der Waals surface area contributed by atoms with Gasteiger partial charge in [0, 0.05) is 6.42 Å². The van der Waals surface area contributed by atoms with E-state index in [-0.39, 0.29) is 12.8 Å². The first-order valence-corrected chi connectivity index (χ1v) is 8.07. The zero-order valence-corrected chi connectivity index (χ0v) is 14.8. The summed E-state index contributed by atoms with van der Waals surface area (Å²) < 4.78 is 0. The first-order valence-electron chi connectivity index (χ1n) is 8.07. The molecule has 28 heavy (non-hydrogen) atoms. The molecule has 0 spiro atoms. The molecule has 0 radical (unpaired) electrons. The third kappa shape index (κ3) is 8.72. The Labute approximate surface area is 159 Å². The molecule has 4 amide bonds. The van der Waals surface area contributed by atoms with Crippen LogP contribution in [-0.2, 0) is 24.0 Å². The Hall–Kier alpha value is -2.81. The molecule has 0 aliphatic heterocycles. The van der Waals surface area contributed by atoms with Crippen molar-refractivity contribution in [3.8, 4) is 0 Å². The topological polar surface area (TPSA) is 254 Å². The molecule has 4 unspecified atom stereocenters. The number of hydrogen-bond donors (Lipinski definition) is 9. The van der Waals surface area contributed by atoms with Crippen LogP contribution in [-0.4, -0.2) is 94.0 Å². The lowest BCUT2D eigenvalue weighted by atomic mass is 10.1. The minimum absolute atomic E-state index is 0.265. The summed E-state index contributed by atoms with van der Waals surface area (Å²) in [6.07, 6.45) is -0.576. The minimum atomic E-state index is -1.66. The minimum Gasteiger partial charge on any atom is -0.480 e. The fourth-order valence-corrected chi connectivity index (χ4v) is 1.84. The normalized spacial score (nSPS) is 14.9. The third-order valence-corrected chi connectivity index (χ3v) is 3.46. The number of carbonyl (C=O) groups is 5. The molecule has 11 N–H and O–H groups in total. The number of primary amides is 1. The van der Waals surface area contributed by atoms with Crippen molar-refractivity contribution in [2.24, 2.45) is 11.5 Å². The van der Waals surface area contributed by atoms with Crippen molar-refractivity contribution in [2.45, 2.75) is 37.0 Å². The smallest absolute Gasteiger partial charge is 0.328 e. The average molecular weight is 407 g/mol. The van der Waals surface area contributed by atoms with Crippen LogP contribution >= 0.6 is 0 Å². The van der Waals surface area contributed by atoms with Crippen molar-refractivity contribution in [1.29, 1.82) is 0 Å². The van der Waals surface area contributed by atoms with Crippen molar-refractivity contribution in [3.63, 3.8) is 0 Å². The first-order chi connectivity index (χ1) is 13.1. The van der Waals surface area contributed by atoms with Gasteiger partial charge in [0.15, 0.2) is 0 Å². The quantitative estimate of drug-likeness (QED) is 0.140. The zero-order valence-electron chi connectivity index (χ0n) is 14.8. The van der Waals surface area contributed by atoms with Crippen LogP contribution < -0.4 is 27.4 Å². The van der Waals surface area contributed by atoms with E-state index in [1.54, 1.807) is 0 Å². The summed E-state index contributed by atoms with van der Waals surface area (Å²) >= 11 is 0. The van der Waals surface area contributed by atoms with Crippen LogP contribution in [0.25, 0.3) is 0 Å². The number of carbonyl (C=O) groups excluding carboxylic acids is 4. The fourth-order valence-electron chi connectivity index (χ4n) is 1.84. The molecular weight excluding hydrogens is 382 g/mol. The molecule has 0 bridgehead atoms. The molecular formula is C14H25N5O9. The van der Waals surface area contributed by atoms with Gasteiger partial charge >= 0.3 is 5.97 Å². The lowest BCUT2D eigenvalue weighted by Crippen LogP contribution is -2.58. The molecule has 0 fully saturated rings. The molecule has 0 heterocycles. The van der Waals surface area contributed by atoms with Crippen molar-refractivity contribution in [1.82, 2.24) is 16.0 Å². The molecule has 14 nitrogen and oxygen atoms in total. The summed E-state index contributed by atoms with van der Waals surface area (Å²) in [5, 5.41) is 42.0. The van der Waals surface area contributed by atoms with Gasteiger partial charge in [0.25, 0.3) is 0 Å². The van der Waals surface area contributed by atoms with E-state index >= 15 is 0 Å². The number of aliphatic carboxylic acids is 1. The highest BCUT2D eigenvalue weighted by Crippen LogP contribution is 2.00. The van der Waals surface area contributed by atoms with Gasteiger partial charge in [-0.15, -0.1) is 0 Å². The zero-order chi connectivity index (χ0) is 21.9. The van der Waals surface area contributed by atoms with Gasteiger partial charge in [-0.1, -0.05) is 0 Å². The molecule has 0 aromatic rings. The van der Waals surface area contributed by atoms with E-state index in [1.165, 1.54) is 0 Å². The van der Waals surface area contributed by atoms with Crippen LogP contribution in [0.4, 0.5) is 0 Å². The van der Waals surface area contributed by atoms with Crippen LogP contribution in [0.15, 0.2) is 0 Å². The van der Waals surface area contributed by atoms with Crippen molar-refractivity contribution >= 4 is 29.6 Å².